The van der Waals surface area contributed by atoms with E-state index >= 15 is 0 Å². The van der Waals surface area contributed by atoms with Crippen molar-refractivity contribution >= 4 is 23.4 Å². The highest BCUT2D eigenvalue weighted by Crippen LogP contribution is 2.56. The molecule has 1 N–H and O–H groups in total. The van der Waals surface area contributed by atoms with Crippen molar-refractivity contribution in [1.82, 2.24) is 4.90 Å². The fraction of sp³-hybridized carbons (Fsp3) is 0.375. The number of nitrogens with one attached hydrogen (secondary N) is 1. The first-order valence-corrected chi connectivity index (χ1v) is 10.5. The Kier molecular flexibility index (Phi) is 4.65. The summed E-state index contributed by atoms with van der Waals surface area (Å²) >= 11 is 0. The van der Waals surface area contributed by atoms with Crippen LogP contribution in [0.1, 0.15) is 25.7 Å². The maximum Gasteiger partial charge on any atom is 0.233 e. The topological polar surface area (TPSA) is 66.5 Å². The van der Waals surface area contributed by atoms with Gasteiger partial charge in [0.05, 0.1) is 11.8 Å². The van der Waals surface area contributed by atoms with Gasteiger partial charge in [-0.15, -0.1) is 0 Å². The van der Waals surface area contributed by atoms with Crippen LogP contribution in [-0.4, -0.2) is 29.2 Å². The van der Waals surface area contributed by atoms with E-state index in [0.29, 0.717) is 17.5 Å². The molecule has 0 aromatic heterocycles. The third-order valence-electron chi connectivity index (χ3n) is 6.91. The number of anilines is 1. The molecule has 2 bridgehead atoms. The Balaban J connectivity index is 1.18. The van der Waals surface area contributed by atoms with Crippen LogP contribution in [0.25, 0.3) is 11.1 Å². The number of carbonyl (C=O) groups excluding carboxylic acids is 3. The van der Waals surface area contributed by atoms with E-state index in [4.69, 9.17) is 0 Å². The first-order chi connectivity index (χ1) is 14.5. The standard InChI is InChI=1S/C24H23FN2O3/c25-18-3-1-2-15(13-18)14-6-8-19(9-7-14)26-20(28)10-11-27-23(29)21-16-4-5-17(12-16)22(21)24(27)30/h1-3,6-9,13,16-17,21-22H,4-5,10-12H2,(H,26,28)/t16-,17-,21-,22+/m0/s1. The molecule has 2 aromatic rings. The molecule has 30 heavy (non-hydrogen) atoms. The number of hydrogen-bond donors (Lipinski definition) is 1. The second kappa shape index (κ2) is 7.35. The van der Waals surface area contributed by atoms with Crippen molar-refractivity contribution in [2.45, 2.75) is 25.7 Å². The molecule has 0 unspecified atom stereocenters. The highest BCUT2D eigenvalue weighted by atomic mass is 19.1. The number of likely N-dealkylation sites (tertiary alicyclic amines) is 1. The number of benzene rings is 2. The highest BCUT2D eigenvalue weighted by molar-refractivity contribution is 6.06. The molecule has 2 saturated carbocycles. The zero-order chi connectivity index (χ0) is 20.8. The molecule has 1 saturated heterocycles. The van der Waals surface area contributed by atoms with Crippen molar-refractivity contribution in [1.29, 1.82) is 0 Å². The van der Waals surface area contributed by atoms with Gasteiger partial charge in [-0.25, -0.2) is 4.39 Å². The number of amides is 3. The second-order valence-electron chi connectivity index (χ2n) is 8.60. The van der Waals surface area contributed by atoms with E-state index in [-0.39, 0.29) is 48.3 Å². The van der Waals surface area contributed by atoms with E-state index < -0.39 is 0 Å². The quantitative estimate of drug-likeness (QED) is 0.767. The van der Waals surface area contributed by atoms with Crippen LogP contribution in [0.5, 0.6) is 0 Å². The van der Waals surface area contributed by atoms with Crippen molar-refractivity contribution in [3.63, 3.8) is 0 Å². The molecule has 154 valence electrons. The molecule has 3 fully saturated rings. The summed E-state index contributed by atoms with van der Waals surface area (Å²) in [5.74, 6) is -0.279. The molecule has 5 rings (SSSR count). The molecule has 3 aliphatic rings. The monoisotopic (exact) mass is 406 g/mol. The van der Waals surface area contributed by atoms with E-state index in [2.05, 4.69) is 5.32 Å². The first-order valence-electron chi connectivity index (χ1n) is 10.5. The van der Waals surface area contributed by atoms with Gasteiger partial charge in [0.2, 0.25) is 17.7 Å². The molecule has 6 heteroatoms. The lowest BCUT2D eigenvalue weighted by Gasteiger charge is -2.19. The van der Waals surface area contributed by atoms with E-state index in [9.17, 15) is 18.8 Å². The minimum atomic E-state index is -0.298. The number of imide groups is 1. The Morgan fingerprint density at radius 2 is 1.63 bits per heavy atom. The summed E-state index contributed by atoms with van der Waals surface area (Å²) in [7, 11) is 0. The smallest absolute Gasteiger partial charge is 0.233 e. The van der Waals surface area contributed by atoms with Crippen LogP contribution >= 0.6 is 0 Å². The number of hydrogen-bond acceptors (Lipinski definition) is 3. The molecule has 4 atom stereocenters. The molecule has 3 amide bonds. The molecule has 0 radical (unpaired) electrons. The van der Waals surface area contributed by atoms with Crippen LogP contribution in [0.3, 0.4) is 0 Å². The van der Waals surface area contributed by atoms with Crippen LogP contribution in [0.15, 0.2) is 48.5 Å². The van der Waals surface area contributed by atoms with E-state index in [1.807, 2.05) is 18.2 Å². The van der Waals surface area contributed by atoms with Gasteiger partial charge in [0.15, 0.2) is 0 Å². The van der Waals surface area contributed by atoms with Gasteiger partial charge < -0.3 is 5.32 Å². The summed E-state index contributed by atoms with van der Waals surface area (Å²) in [6.45, 7) is 0.136. The summed E-state index contributed by atoms with van der Waals surface area (Å²) in [4.78, 5) is 39.1. The van der Waals surface area contributed by atoms with Crippen LogP contribution in [0.2, 0.25) is 0 Å². The Morgan fingerprint density at radius 1 is 0.967 bits per heavy atom. The molecule has 1 heterocycles. The minimum absolute atomic E-state index is 0.0792. The Bertz CT molecular complexity index is 991. The highest BCUT2D eigenvalue weighted by Gasteiger charge is 2.60. The third-order valence-corrected chi connectivity index (χ3v) is 6.91. The first kappa shape index (κ1) is 19.0. The van der Waals surface area contributed by atoms with Gasteiger partial charge >= 0.3 is 0 Å². The zero-order valence-electron chi connectivity index (χ0n) is 16.5. The number of nitrogens with zero attached hydrogens (tertiary/aromatic N) is 1. The molecule has 2 aromatic carbocycles. The average molecular weight is 406 g/mol. The lowest BCUT2D eigenvalue weighted by molar-refractivity contribution is -0.140. The van der Waals surface area contributed by atoms with Crippen LogP contribution in [-0.2, 0) is 14.4 Å². The molecular weight excluding hydrogens is 383 g/mol. The normalized spacial score (nSPS) is 26.9. The van der Waals surface area contributed by atoms with Gasteiger partial charge in [0.25, 0.3) is 0 Å². The Labute approximate surface area is 174 Å². The lowest BCUT2D eigenvalue weighted by Crippen LogP contribution is -2.35. The predicted octanol–water partition coefficient (Wildman–Crippen LogP) is 3.85. The number of rotatable bonds is 5. The second-order valence-corrected chi connectivity index (χ2v) is 8.60. The molecule has 5 nitrogen and oxygen atoms in total. The average Bonchev–Trinajstić information content (AvgIpc) is 3.41. The fourth-order valence-corrected chi connectivity index (χ4v) is 5.54. The van der Waals surface area contributed by atoms with Crippen molar-refractivity contribution in [2.75, 3.05) is 11.9 Å². The van der Waals surface area contributed by atoms with E-state index in [1.165, 1.54) is 17.0 Å². The summed E-state index contributed by atoms with van der Waals surface area (Å²) in [6.07, 6.45) is 3.18. The summed E-state index contributed by atoms with van der Waals surface area (Å²) < 4.78 is 13.4. The van der Waals surface area contributed by atoms with Crippen molar-refractivity contribution < 1.29 is 18.8 Å². The largest absolute Gasteiger partial charge is 0.326 e. The van der Waals surface area contributed by atoms with E-state index in [0.717, 1.165) is 30.4 Å². The fourth-order valence-electron chi connectivity index (χ4n) is 5.54. The van der Waals surface area contributed by atoms with Crippen molar-refractivity contribution in [3.8, 4) is 11.1 Å². The van der Waals surface area contributed by atoms with Gasteiger partial charge in [-0.2, -0.15) is 0 Å². The minimum Gasteiger partial charge on any atom is -0.326 e. The maximum atomic E-state index is 13.4. The SMILES string of the molecule is O=C(CCN1C(=O)[C@@H]2[C@H]3CC[C@@H](C3)[C@@H]2C1=O)Nc1ccc(-c2cccc(F)c2)cc1. The number of carbonyl (C=O) groups is 3. The lowest BCUT2D eigenvalue weighted by atomic mass is 9.81. The summed E-state index contributed by atoms with van der Waals surface area (Å²) in [5.41, 5.74) is 2.23. The van der Waals surface area contributed by atoms with Gasteiger partial charge in [-0.3, -0.25) is 19.3 Å². The third kappa shape index (κ3) is 3.20. The van der Waals surface area contributed by atoms with Gasteiger partial charge in [0, 0.05) is 18.7 Å². The van der Waals surface area contributed by atoms with Crippen LogP contribution in [0, 0.1) is 29.5 Å². The molecule has 2 aliphatic carbocycles. The van der Waals surface area contributed by atoms with Gasteiger partial charge in [-0.05, 0) is 66.5 Å². The molecule has 1 aliphatic heterocycles. The van der Waals surface area contributed by atoms with Crippen LogP contribution < -0.4 is 5.32 Å². The van der Waals surface area contributed by atoms with Gasteiger partial charge in [0.1, 0.15) is 5.82 Å². The number of halogens is 1. The van der Waals surface area contributed by atoms with E-state index in [1.54, 1.807) is 18.2 Å². The Hall–Kier alpha value is -3.02. The van der Waals surface area contributed by atoms with Crippen molar-refractivity contribution in [2.24, 2.45) is 23.7 Å². The number of fused-ring (bicyclic) bond motifs is 5. The Morgan fingerprint density at radius 3 is 2.27 bits per heavy atom. The van der Waals surface area contributed by atoms with Gasteiger partial charge in [-0.1, -0.05) is 24.3 Å². The van der Waals surface area contributed by atoms with Crippen LogP contribution in [0.4, 0.5) is 10.1 Å². The predicted molar refractivity (Wildman–Crippen MR) is 110 cm³/mol. The summed E-state index contributed by atoms with van der Waals surface area (Å²) in [6, 6.07) is 13.5. The summed E-state index contributed by atoms with van der Waals surface area (Å²) in [5, 5.41) is 2.80. The van der Waals surface area contributed by atoms with Crippen molar-refractivity contribution in [3.05, 3.63) is 54.3 Å². The molecular formula is C24H23FN2O3. The maximum absolute atomic E-state index is 13.4. The zero-order valence-corrected chi connectivity index (χ0v) is 16.5. The molecule has 0 spiro atoms.